The van der Waals surface area contributed by atoms with Crippen LogP contribution in [0.5, 0.6) is 11.6 Å². The topological polar surface area (TPSA) is 135 Å². The molecule has 1 aromatic heterocycles. The summed E-state index contributed by atoms with van der Waals surface area (Å²) < 4.78 is 34.3. The van der Waals surface area contributed by atoms with Gasteiger partial charge < -0.3 is 15.6 Å². The predicted octanol–water partition coefficient (Wildman–Crippen LogP) is 4.19. The minimum absolute atomic E-state index is 0.0260. The zero-order valence-electron chi connectivity index (χ0n) is 19.8. The van der Waals surface area contributed by atoms with Crippen LogP contribution in [0.4, 0.5) is 0 Å². The van der Waals surface area contributed by atoms with Gasteiger partial charge >= 0.3 is 5.97 Å². The number of nitrogens with two attached hydrogens (primary N) is 1. The van der Waals surface area contributed by atoms with Gasteiger partial charge in [-0.15, -0.1) is 0 Å². The van der Waals surface area contributed by atoms with Gasteiger partial charge in [-0.25, -0.2) is 13.4 Å². The molecular weight excluding hydrogens is 492 g/mol. The monoisotopic (exact) mass is 520 g/mol. The van der Waals surface area contributed by atoms with Gasteiger partial charge in [-0.05, 0) is 55.5 Å². The maximum atomic E-state index is 13.6. The number of carboxylic acid groups (broad SMARTS) is 1. The molecule has 0 saturated heterocycles. The molecule has 0 radical (unpaired) electrons. The van der Waals surface area contributed by atoms with Crippen molar-refractivity contribution in [3.8, 4) is 11.6 Å². The molecule has 0 amide bonds. The van der Waals surface area contributed by atoms with Crippen molar-refractivity contribution in [1.82, 2.24) is 9.29 Å². The van der Waals surface area contributed by atoms with E-state index in [9.17, 15) is 13.2 Å². The van der Waals surface area contributed by atoms with Crippen LogP contribution in [0.1, 0.15) is 44.6 Å². The normalized spacial score (nSPS) is 19.0. The summed E-state index contributed by atoms with van der Waals surface area (Å²) in [6.07, 6.45) is 4.32. The lowest BCUT2D eigenvalue weighted by Gasteiger charge is -2.33. The van der Waals surface area contributed by atoms with Crippen LogP contribution in [0.2, 0.25) is 5.02 Å². The second-order valence-corrected chi connectivity index (χ2v) is 10.9. The zero-order chi connectivity index (χ0) is 25.8. The predicted molar refractivity (Wildman–Crippen MR) is 135 cm³/mol. The number of aliphatic carboxylic acids is 1. The van der Waals surface area contributed by atoms with Crippen LogP contribution in [0.3, 0.4) is 0 Å². The lowest BCUT2D eigenvalue weighted by Crippen LogP contribution is -2.42. The molecule has 0 aliphatic heterocycles. The average Bonchev–Trinajstić information content (AvgIpc) is 2.83. The highest BCUT2D eigenvalue weighted by atomic mass is 35.5. The van der Waals surface area contributed by atoms with Gasteiger partial charge in [0.2, 0.25) is 15.9 Å². The van der Waals surface area contributed by atoms with E-state index in [1.165, 1.54) is 23.7 Å². The van der Waals surface area contributed by atoms with Crippen LogP contribution in [0.25, 0.3) is 0 Å². The van der Waals surface area contributed by atoms with Crippen LogP contribution >= 0.6 is 11.6 Å². The molecule has 1 aromatic carbocycles. The van der Waals surface area contributed by atoms with Gasteiger partial charge in [0.15, 0.2) is 0 Å². The zero-order valence-corrected chi connectivity index (χ0v) is 21.4. The summed E-state index contributed by atoms with van der Waals surface area (Å²) in [5, 5.41) is 9.54. The first kappa shape index (κ1) is 26.7. The van der Waals surface area contributed by atoms with Crippen molar-refractivity contribution >= 4 is 33.3 Å². The number of hydrogen-bond acceptors (Lipinski definition) is 7. The Labute approximate surface area is 210 Å². The van der Waals surface area contributed by atoms with Crippen molar-refractivity contribution in [2.45, 2.75) is 50.0 Å². The molecule has 188 valence electrons. The van der Waals surface area contributed by atoms with Crippen molar-refractivity contribution in [1.29, 1.82) is 0 Å². The average molecular weight is 521 g/mol. The number of ether oxygens (including phenoxy) is 1. The number of likely N-dealkylation sites (N-methyl/N-ethyl adjacent to an activating group) is 1. The first-order valence-corrected chi connectivity index (χ1v) is 12.9. The third-order valence-electron chi connectivity index (χ3n) is 5.79. The van der Waals surface area contributed by atoms with Crippen molar-refractivity contribution in [3.05, 3.63) is 58.9 Å². The molecule has 1 aliphatic carbocycles. The highest BCUT2D eigenvalue weighted by molar-refractivity contribution is 7.89. The first-order valence-electron chi connectivity index (χ1n) is 11.1. The molecule has 0 bridgehead atoms. The Kier molecular flexibility index (Phi) is 8.52. The summed E-state index contributed by atoms with van der Waals surface area (Å²) in [5.41, 5.74) is 7.49. The largest absolute Gasteiger partial charge is 0.480 e. The number of carbonyl (C=O) groups is 1. The van der Waals surface area contributed by atoms with Gasteiger partial charge in [-0.1, -0.05) is 25.4 Å². The molecule has 1 heterocycles. The molecule has 9 nitrogen and oxygen atoms in total. The second kappa shape index (κ2) is 11.2. The van der Waals surface area contributed by atoms with E-state index in [-0.39, 0.29) is 10.8 Å². The number of benzene rings is 1. The lowest BCUT2D eigenvalue weighted by molar-refractivity contribution is -0.135. The molecule has 35 heavy (non-hydrogen) atoms. The SMILES string of the molecule is CC(C)c1cc(S(=O)(=O)N(C)C2CCCC(=NCC(=O)O)C2=CN)cnc1Oc1ccc(Cl)cc1. The smallest absolute Gasteiger partial charge is 0.325 e. The van der Waals surface area contributed by atoms with Gasteiger partial charge in [-0.3, -0.25) is 9.79 Å². The molecule has 3 rings (SSSR count). The van der Waals surface area contributed by atoms with Gasteiger partial charge in [0.25, 0.3) is 0 Å². The number of halogens is 1. The van der Waals surface area contributed by atoms with Crippen LogP contribution in [0.15, 0.2) is 58.2 Å². The van der Waals surface area contributed by atoms with Crippen molar-refractivity contribution < 1.29 is 23.1 Å². The van der Waals surface area contributed by atoms with Gasteiger partial charge in [-0.2, -0.15) is 4.31 Å². The fraction of sp³-hybridized carbons (Fsp3) is 0.375. The number of sulfonamides is 1. The summed E-state index contributed by atoms with van der Waals surface area (Å²) in [7, 11) is -2.47. The molecule has 11 heteroatoms. The standard InChI is InChI=1S/C24H29ClN4O5S/c1-15(2)19-11-18(13-28-24(19)34-17-9-7-16(25)8-10-17)35(32,33)29(3)22-6-4-5-21(20(22)12-26)27-14-23(30)31/h7-13,15,22H,4-6,14,26H2,1-3H3,(H,30,31). The Balaban J connectivity index is 1.93. The summed E-state index contributed by atoms with van der Waals surface area (Å²) in [4.78, 5) is 19.4. The molecule has 1 aliphatic rings. The van der Waals surface area contributed by atoms with Crippen LogP contribution in [-0.2, 0) is 14.8 Å². The minimum Gasteiger partial charge on any atom is -0.480 e. The summed E-state index contributed by atoms with van der Waals surface area (Å²) in [6.45, 7) is 3.45. The maximum Gasteiger partial charge on any atom is 0.325 e. The Morgan fingerprint density at radius 1 is 1.37 bits per heavy atom. The number of rotatable bonds is 8. The minimum atomic E-state index is -3.96. The van der Waals surface area contributed by atoms with Gasteiger partial charge in [0.1, 0.15) is 17.2 Å². The second-order valence-electron chi connectivity index (χ2n) is 8.48. The molecule has 0 spiro atoms. The molecule has 1 unspecified atom stereocenters. The summed E-state index contributed by atoms with van der Waals surface area (Å²) in [6, 6.07) is 7.81. The molecule has 1 fully saturated rings. The lowest BCUT2D eigenvalue weighted by atomic mass is 9.88. The van der Waals surface area contributed by atoms with Crippen LogP contribution in [-0.4, -0.2) is 54.1 Å². The van der Waals surface area contributed by atoms with E-state index < -0.39 is 28.6 Å². The maximum absolute atomic E-state index is 13.6. The number of hydrogen-bond donors (Lipinski definition) is 2. The first-order chi connectivity index (χ1) is 16.5. The van der Waals surface area contributed by atoms with E-state index in [4.69, 9.17) is 27.2 Å². The Bertz CT molecular complexity index is 1240. The molecule has 1 saturated carbocycles. The highest BCUT2D eigenvalue weighted by Crippen LogP contribution is 2.33. The van der Waals surface area contributed by atoms with Gasteiger partial charge in [0.05, 0.1) is 12.2 Å². The number of aliphatic imine (C=N–C) groups is 1. The fourth-order valence-electron chi connectivity index (χ4n) is 3.91. The van der Waals surface area contributed by atoms with E-state index in [1.54, 1.807) is 30.3 Å². The quantitative estimate of drug-likeness (QED) is 0.532. The Hall–Kier alpha value is -2.95. The Morgan fingerprint density at radius 3 is 2.66 bits per heavy atom. The number of aromatic nitrogens is 1. The summed E-state index contributed by atoms with van der Waals surface area (Å²) >= 11 is 5.93. The van der Waals surface area contributed by atoms with Crippen LogP contribution in [0, 0.1) is 0 Å². The van der Waals surface area contributed by atoms with E-state index in [1.807, 2.05) is 13.8 Å². The Morgan fingerprint density at radius 2 is 2.06 bits per heavy atom. The molecule has 3 N–H and O–H groups in total. The molecular formula is C24H29ClN4O5S. The van der Waals surface area contributed by atoms with E-state index in [0.29, 0.717) is 52.8 Å². The third kappa shape index (κ3) is 6.19. The number of pyridine rings is 1. The molecule has 1 atom stereocenters. The van der Waals surface area contributed by atoms with Crippen molar-refractivity contribution in [2.75, 3.05) is 13.6 Å². The number of nitrogens with zero attached hydrogens (tertiary/aromatic N) is 3. The highest BCUT2D eigenvalue weighted by Gasteiger charge is 2.35. The van der Waals surface area contributed by atoms with E-state index in [2.05, 4.69) is 9.98 Å². The van der Waals surface area contributed by atoms with Crippen LogP contribution < -0.4 is 10.5 Å². The molecule has 2 aromatic rings. The fourth-order valence-corrected chi connectivity index (χ4v) is 5.38. The van der Waals surface area contributed by atoms with Crippen molar-refractivity contribution in [3.63, 3.8) is 0 Å². The third-order valence-corrected chi connectivity index (χ3v) is 7.87. The number of carboxylic acids is 1. The van der Waals surface area contributed by atoms with E-state index in [0.717, 1.165) is 0 Å². The van der Waals surface area contributed by atoms with Gasteiger partial charge in [0, 0.05) is 35.1 Å². The van der Waals surface area contributed by atoms with E-state index >= 15 is 0 Å². The summed E-state index contributed by atoms with van der Waals surface area (Å²) in [5.74, 6) is -0.281. The van der Waals surface area contributed by atoms with Crippen molar-refractivity contribution in [2.24, 2.45) is 10.7 Å².